The smallest absolute Gasteiger partial charge is 0.329 e. The fourth-order valence-corrected chi connectivity index (χ4v) is 3.28. The first-order valence-corrected chi connectivity index (χ1v) is 8.67. The number of ether oxygens (including phenoxy) is 2. The number of thiophene rings is 1. The first-order valence-electron chi connectivity index (χ1n) is 7.35. The SMILES string of the molecule is Cc1ccsc1/C=C1\Oc2cc(OC(=O)C(C)Cl)cc(C)c2C1=O. The minimum absolute atomic E-state index is 0.168. The van der Waals surface area contributed by atoms with Gasteiger partial charge in [0.05, 0.1) is 5.56 Å². The Balaban J connectivity index is 1.94. The summed E-state index contributed by atoms with van der Waals surface area (Å²) in [6.07, 6.45) is 1.74. The summed E-state index contributed by atoms with van der Waals surface area (Å²) < 4.78 is 10.9. The first kappa shape index (κ1) is 16.7. The topological polar surface area (TPSA) is 52.6 Å². The van der Waals surface area contributed by atoms with Gasteiger partial charge in [0.2, 0.25) is 5.78 Å². The van der Waals surface area contributed by atoms with Crippen LogP contribution in [0.25, 0.3) is 6.08 Å². The quantitative estimate of drug-likeness (QED) is 0.349. The molecule has 2 heterocycles. The molecule has 1 aromatic heterocycles. The Morgan fingerprint density at radius 3 is 2.71 bits per heavy atom. The molecule has 1 aromatic carbocycles. The van der Waals surface area contributed by atoms with Gasteiger partial charge in [-0.15, -0.1) is 22.9 Å². The first-order chi connectivity index (χ1) is 11.4. The lowest BCUT2D eigenvalue weighted by Crippen LogP contribution is -2.17. The number of allylic oxidation sites excluding steroid dienone is 1. The Morgan fingerprint density at radius 2 is 2.08 bits per heavy atom. The molecule has 124 valence electrons. The number of Topliss-reactive ketones (excluding diaryl/α,β-unsaturated/α-hetero) is 1. The fraction of sp³-hybridized carbons (Fsp3) is 0.222. The minimum atomic E-state index is -0.752. The third kappa shape index (κ3) is 3.09. The summed E-state index contributed by atoms with van der Waals surface area (Å²) in [5.74, 6) is 0.257. The van der Waals surface area contributed by atoms with E-state index in [4.69, 9.17) is 21.1 Å². The van der Waals surface area contributed by atoms with Gasteiger partial charge in [-0.1, -0.05) is 0 Å². The summed E-state index contributed by atoms with van der Waals surface area (Å²) in [7, 11) is 0. The van der Waals surface area contributed by atoms with Gasteiger partial charge in [0.25, 0.3) is 0 Å². The molecule has 6 heteroatoms. The summed E-state index contributed by atoms with van der Waals surface area (Å²) >= 11 is 7.25. The van der Waals surface area contributed by atoms with E-state index in [1.54, 1.807) is 36.5 Å². The molecule has 0 amide bonds. The lowest BCUT2D eigenvalue weighted by molar-refractivity contribution is -0.133. The Bertz CT molecular complexity index is 864. The number of rotatable bonds is 3. The molecule has 1 aliphatic rings. The lowest BCUT2D eigenvalue weighted by atomic mass is 10.0. The van der Waals surface area contributed by atoms with E-state index in [0.717, 1.165) is 10.4 Å². The van der Waals surface area contributed by atoms with Crippen LogP contribution in [0.4, 0.5) is 0 Å². The van der Waals surface area contributed by atoms with E-state index in [0.29, 0.717) is 22.6 Å². The van der Waals surface area contributed by atoms with Crippen molar-refractivity contribution in [3.63, 3.8) is 0 Å². The molecule has 0 spiro atoms. The van der Waals surface area contributed by atoms with E-state index >= 15 is 0 Å². The summed E-state index contributed by atoms with van der Waals surface area (Å²) in [5, 5.41) is 1.21. The number of aryl methyl sites for hydroxylation is 2. The number of halogens is 1. The van der Waals surface area contributed by atoms with Crippen molar-refractivity contribution in [3.8, 4) is 11.5 Å². The second-order valence-corrected chi connectivity index (χ2v) is 7.16. The fourth-order valence-electron chi connectivity index (χ4n) is 2.39. The number of fused-ring (bicyclic) bond motifs is 1. The molecule has 24 heavy (non-hydrogen) atoms. The van der Waals surface area contributed by atoms with Gasteiger partial charge >= 0.3 is 5.97 Å². The molecule has 1 atom stereocenters. The van der Waals surface area contributed by atoms with Crippen molar-refractivity contribution in [1.29, 1.82) is 0 Å². The predicted octanol–water partition coefficient (Wildman–Crippen LogP) is 4.51. The van der Waals surface area contributed by atoms with Gasteiger partial charge in [0.15, 0.2) is 5.76 Å². The van der Waals surface area contributed by atoms with Gasteiger partial charge in [-0.3, -0.25) is 9.59 Å². The van der Waals surface area contributed by atoms with Crippen molar-refractivity contribution >= 4 is 40.8 Å². The highest BCUT2D eigenvalue weighted by molar-refractivity contribution is 7.11. The van der Waals surface area contributed by atoms with Gasteiger partial charge in [-0.2, -0.15) is 0 Å². The third-order valence-corrected chi connectivity index (χ3v) is 4.79. The molecule has 4 nitrogen and oxygen atoms in total. The Hall–Kier alpha value is -2.11. The van der Waals surface area contributed by atoms with Gasteiger partial charge in [-0.05, 0) is 49.4 Å². The average Bonchev–Trinajstić information content (AvgIpc) is 3.04. The van der Waals surface area contributed by atoms with E-state index in [9.17, 15) is 9.59 Å². The van der Waals surface area contributed by atoms with Crippen LogP contribution in [0, 0.1) is 13.8 Å². The van der Waals surface area contributed by atoms with Gasteiger partial charge in [0, 0.05) is 17.0 Å². The van der Waals surface area contributed by atoms with Crippen LogP contribution in [0.15, 0.2) is 29.3 Å². The number of esters is 1. The van der Waals surface area contributed by atoms with E-state index in [-0.39, 0.29) is 11.5 Å². The van der Waals surface area contributed by atoms with E-state index in [2.05, 4.69) is 0 Å². The standard InChI is InChI=1S/C18H15ClO4S/c1-9-4-5-24-15(9)8-14-17(20)16-10(2)6-12(7-13(16)23-14)22-18(21)11(3)19/h4-8,11H,1-3H3/b14-8-. The monoisotopic (exact) mass is 362 g/mol. The Kier molecular flexibility index (Phi) is 4.47. The molecule has 0 bridgehead atoms. The Labute approximate surface area is 148 Å². The Morgan fingerprint density at radius 1 is 1.33 bits per heavy atom. The molecular weight excluding hydrogens is 348 g/mol. The molecule has 2 aromatic rings. The van der Waals surface area contributed by atoms with E-state index in [1.165, 1.54) is 6.92 Å². The largest absolute Gasteiger partial charge is 0.452 e. The van der Waals surface area contributed by atoms with Crippen molar-refractivity contribution in [2.45, 2.75) is 26.1 Å². The molecule has 0 aliphatic carbocycles. The zero-order valence-electron chi connectivity index (χ0n) is 13.4. The van der Waals surface area contributed by atoms with Gasteiger partial charge in [-0.25, -0.2) is 0 Å². The summed E-state index contributed by atoms with van der Waals surface area (Å²) in [6.45, 7) is 5.29. The van der Waals surface area contributed by atoms with Gasteiger partial charge < -0.3 is 9.47 Å². The number of ketones is 1. The van der Waals surface area contributed by atoms with Crippen molar-refractivity contribution in [3.05, 3.63) is 50.9 Å². The molecule has 0 saturated carbocycles. The zero-order chi connectivity index (χ0) is 17.4. The highest BCUT2D eigenvalue weighted by Gasteiger charge is 2.30. The number of carbonyl (C=O) groups excluding carboxylic acids is 2. The molecule has 1 aliphatic heterocycles. The lowest BCUT2D eigenvalue weighted by Gasteiger charge is -2.08. The van der Waals surface area contributed by atoms with Crippen LogP contribution in [0.2, 0.25) is 0 Å². The second kappa shape index (κ2) is 6.42. The van der Waals surface area contributed by atoms with Crippen LogP contribution >= 0.6 is 22.9 Å². The van der Waals surface area contributed by atoms with Crippen LogP contribution in [0.5, 0.6) is 11.5 Å². The molecule has 0 saturated heterocycles. The minimum Gasteiger partial charge on any atom is -0.452 e. The van der Waals surface area contributed by atoms with Crippen molar-refractivity contribution in [2.24, 2.45) is 0 Å². The van der Waals surface area contributed by atoms with Gasteiger partial charge in [0.1, 0.15) is 16.9 Å². The summed E-state index contributed by atoms with van der Waals surface area (Å²) in [5.41, 5.74) is 2.27. The summed E-state index contributed by atoms with van der Waals surface area (Å²) in [6, 6.07) is 5.16. The van der Waals surface area contributed by atoms with E-state index < -0.39 is 11.3 Å². The van der Waals surface area contributed by atoms with Crippen LogP contribution in [0.3, 0.4) is 0 Å². The van der Waals surface area contributed by atoms with Crippen LogP contribution in [-0.4, -0.2) is 17.1 Å². The average molecular weight is 363 g/mol. The normalized spacial score (nSPS) is 16.0. The number of carbonyl (C=O) groups is 2. The number of hydrogen-bond donors (Lipinski definition) is 0. The highest BCUT2D eigenvalue weighted by Crippen LogP contribution is 2.38. The molecular formula is C18H15ClO4S. The molecule has 1 unspecified atom stereocenters. The predicted molar refractivity (Wildman–Crippen MR) is 94.1 cm³/mol. The van der Waals surface area contributed by atoms with Crippen LogP contribution in [-0.2, 0) is 4.79 Å². The van der Waals surface area contributed by atoms with Crippen LogP contribution in [0.1, 0.15) is 33.3 Å². The molecule has 0 radical (unpaired) electrons. The number of benzene rings is 1. The highest BCUT2D eigenvalue weighted by atomic mass is 35.5. The van der Waals surface area contributed by atoms with Crippen molar-refractivity contribution in [1.82, 2.24) is 0 Å². The maximum Gasteiger partial charge on any atom is 0.329 e. The van der Waals surface area contributed by atoms with E-state index in [1.807, 2.05) is 18.4 Å². The maximum atomic E-state index is 12.6. The number of hydrogen-bond acceptors (Lipinski definition) is 5. The summed E-state index contributed by atoms with van der Waals surface area (Å²) in [4.78, 5) is 25.2. The third-order valence-electron chi connectivity index (χ3n) is 3.65. The second-order valence-electron chi connectivity index (χ2n) is 5.56. The molecule has 0 N–H and O–H groups in total. The van der Waals surface area contributed by atoms with Crippen molar-refractivity contribution < 1.29 is 19.1 Å². The number of alkyl halides is 1. The zero-order valence-corrected chi connectivity index (χ0v) is 15.0. The molecule has 0 fully saturated rings. The maximum absolute atomic E-state index is 12.6. The van der Waals surface area contributed by atoms with Crippen LogP contribution < -0.4 is 9.47 Å². The van der Waals surface area contributed by atoms with Crippen molar-refractivity contribution in [2.75, 3.05) is 0 Å². The molecule has 3 rings (SSSR count).